The van der Waals surface area contributed by atoms with Gasteiger partial charge in [0.2, 0.25) is 0 Å². The lowest BCUT2D eigenvalue weighted by atomic mass is 10.2. The third-order valence-corrected chi connectivity index (χ3v) is 3.79. The molecule has 0 unspecified atom stereocenters. The molecule has 0 spiro atoms. The number of benzene rings is 1. The zero-order valence-corrected chi connectivity index (χ0v) is 12.2. The molecule has 0 radical (unpaired) electrons. The number of methoxy groups -OCH3 is 1. The minimum Gasteiger partial charge on any atom is -0.483 e. The quantitative estimate of drug-likeness (QED) is 0.278. The van der Waals surface area contributed by atoms with E-state index in [1.54, 1.807) is 13.0 Å². The number of thiophene rings is 1. The number of nitrogens with zero attached hydrogens (tertiary/aromatic N) is 2. The number of esters is 1. The Morgan fingerprint density at radius 3 is 2.90 bits per heavy atom. The SMILES string of the molecule is CCOC=Nc1c(C(=O)OC)sc2ccc([N+](=O)[O-])cc12. The number of carbonyl (C=O) groups is 1. The van der Waals surface area contributed by atoms with Crippen molar-refractivity contribution in [2.24, 2.45) is 4.99 Å². The van der Waals surface area contributed by atoms with Gasteiger partial charge in [0, 0.05) is 22.2 Å². The maximum atomic E-state index is 11.8. The molecule has 21 heavy (non-hydrogen) atoms. The lowest BCUT2D eigenvalue weighted by Gasteiger charge is -1.98. The van der Waals surface area contributed by atoms with Crippen molar-refractivity contribution in [2.75, 3.05) is 13.7 Å². The fourth-order valence-electron chi connectivity index (χ4n) is 1.71. The van der Waals surface area contributed by atoms with E-state index in [2.05, 4.69) is 4.99 Å². The van der Waals surface area contributed by atoms with Gasteiger partial charge < -0.3 is 9.47 Å². The van der Waals surface area contributed by atoms with Crippen molar-refractivity contribution in [1.29, 1.82) is 0 Å². The van der Waals surface area contributed by atoms with Gasteiger partial charge >= 0.3 is 5.97 Å². The molecular formula is C13H12N2O5S. The normalized spacial score (nSPS) is 11.0. The fraction of sp³-hybridized carbons (Fsp3) is 0.231. The van der Waals surface area contributed by atoms with Crippen molar-refractivity contribution in [3.05, 3.63) is 33.2 Å². The summed E-state index contributed by atoms with van der Waals surface area (Å²) in [6.07, 6.45) is 1.22. The van der Waals surface area contributed by atoms with Crippen LogP contribution in [0.1, 0.15) is 16.6 Å². The number of aliphatic imine (C=N–C) groups is 1. The van der Waals surface area contributed by atoms with Gasteiger partial charge in [-0.05, 0) is 13.0 Å². The summed E-state index contributed by atoms with van der Waals surface area (Å²) in [5.74, 6) is -0.539. The highest BCUT2D eigenvalue weighted by Gasteiger charge is 2.20. The zero-order chi connectivity index (χ0) is 15.4. The number of carbonyl (C=O) groups excluding carboxylic acids is 1. The highest BCUT2D eigenvalue weighted by Crippen LogP contribution is 2.39. The van der Waals surface area contributed by atoms with Crippen molar-refractivity contribution in [2.45, 2.75) is 6.92 Å². The number of hydrogen-bond acceptors (Lipinski definition) is 7. The Bertz CT molecular complexity index is 723. The van der Waals surface area contributed by atoms with Gasteiger partial charge in [0.1, 0.15) is 4.88 Å². The van der Waals surface area contributed by atoms with Gasteiger partial charge in [-0.3, -0.25) is 10.1 Å². The number of ether oxygens (including phenoxy) is 2. The molecule has 1 aromatic heterocycles. The van der Waals surface area contributed by atoms with Crippen LogP contribution < -0.4 is 0 Å². The predicted molar refractivity (Wildman–Crippen MR) is 79.6 cm³/mol. The van der Waals surface area contributed by atoms with Crippen LogP contribution >= 0.6 is 11.3 Å². The second kappa shape index (κ2) is 6.31. The Labute approximate surface area is 124 Å². The summed E-state index contributed by atoms with van der Waals surface area (Å²) in [5.41, 5.74) is 0.253. The molecule has 0 aliphatic carbocycles. The molecule has 0 saturated heterocycles. The van der Waals surface area contributed by atoms with Gasteiger partial charge in [0.25, 0.3) is 5.69 Å². The second-order valence-corrected chi connectivity index (χ2v) is 4.95. The van der Waals surface area contributed by atoms with Gasteiger partial charge in [-0.15, -0.1) is 11.3 Å². The molecule has 2 rings (SSSR count). The molecular weight excluding hydrogens is 296 g/mol. The molecule has 7 nitrogen and oxygen atoms in total. The summed E-state index contributed by atoms with van der Waals surface area (Å²) < 4.78 is 10.5. The first-order valence-electron chi connectivity index (χ1n) is 6.01. The van der Waals surface area contributed by atoms with Crippen LogP contribution in [0.15, 0.2) is 23.2 Å². The molecule has 110 valence electrons. The Balaban J connectivity index is 2.63. The second-order valence-electron chi connectivity index (χ2n) is 3.90. The molecule has 0 atom stereocenters. The lowest BCUT2D eigenvalue weighted by Crippen LogP contribution is -1.98. The van der Waals surface area contributed by atoms with Crippen molar-refractivity contribution in [3.8, 4) is 0 Å². The molecule has 0 N–H and O–H groups in total. The molecule has 1 heterocycles. The molecule has 0 aliphatic rings. The third kappa shape index (κ3) is 3.00. The molecule has 0 aliphatic heterocycles. The van der Waals surface area contributed by atoms with E-state index in [-0.39, 0.29) is 10.6 Å². The maximum absolute atomic E-state index is 11.8. The summed E-state index contributed by atoms with van der Waals surface area (Å²) in [7, 11) is 1.27. The monoisotopic (exact) mass is 308 g/mol. The highest BCUT2D eigenvalue weighted by molar-refractivity contribution is 7.21. The van der Waals surface area contributed by atoms with E-state index in [9.17, 15) is 14.9 Å². The molecule has 1 aromatic carbocycles. The van der Waals surface area contributed by atoms with E-state index in [4.69, 9.17) is 9.47 Å². The number of non-ortho nitro benzene ring substituents is 1. The van der Waals surface area contributed by atoms with Gasteiger partial charge in [0.15, 0.2) is 6.40 Å². The highest BCUT2D eigenvalue weighted by atomic mass is 32.1. The van der Waals surface area contributed by atoms with Crippen LogP contribution in [0.5, 0.6) is 0 Å². The van der Waals surface area contributed by atoms with Crippen LogP contribution in [0.4, 0.5) is 11.4 Å². The number of fused-ring (bicyclic) bond motifs is 1. The van der Waals surface area contributed by atoms with E-state index in [1.807, 2.05) is 0 Å². The summed E-state index contributed by atoms with van der Waals surface area (Å²) in [4.78, 5) is 26.5. The smallest absolute Gasteiger partial charge is 0.350 e. The standard InChI is InChI=1S/C13H12N2O5S/c1-3-20-7-14-11-9-6-8(15(17)18)4-5-10(9)21-12(11)13(16)19-2/h4-7H,3H2,1-2H3. The Morgan fingerprint density at radius 1 is 1.52 bits per heavy atom. The Morgan fingerprint density at radius 2 is 2.29 bits per heavy atom. The fourth-order valence-corrected chi connectivity index (χ4v) is 2.76. The van der Waals surface area contributed by atoms with E-state index < -0.39 is 10.9 Å². The molecule has 0 fully saturated rings. The van der Waals surface area contributed by atoms with Gasteiger partial charge in [-0.25, -0.2) is 9.79 Å². The van der Waals surface area contributed by atoms with E-state index in [0.717, 1.165) is 0 Å². The molecule has 0 bridgehead atoms. The molecule has 0 amide bonds. The summed E-state index contributed by atoms with van der Waals surface area (Å²) >= 11 is 1.17. The number of hydrogen-bond donors (Lipinski definition) is 0. The van der Waals surface area contributed by atoms with E-state index in [0.29, 0.717) is 22.4 Å². The third-order valence-electron chi connectivity index (χ3n) is 2.65. The van der Waals surface area contributed by atoms with E-state index in [1.165, 1.54) is 37.0 Å². The van der Waals surface area contributed by atoms with Crippen molar-refractivity contribution >= 4 is 45.2 Å². The van der Waals surface area contributed by atoms with Gasteiger partial charge in [0.05, 0.1) is 24.3 Å². The topological polar surface area (TPSA) is 91.0 Å². The first-order valence-corrected chi connectivity index (χ1v) is 6.83. The van der Waals surface area contributed by atoms with Gasteiger partial charge in [-0.2, -0.15) is 0 Å². The Kier molecular flexibility index (Phi) is 4.49. The number of rotatable bonds is 5. The zero-order valence-electron chi connectivity index (χ0n) is 11.4. The number of nitro benzene ring substituents is 1. The molecule has 0 saturated carbocycles. The average molecular weight is 308 g/mol. The first kappa shape index (κ1) is 14.9. The summed E-state index contributed by atoms with van der Waals surface area (Å²) in [6, 6.07) is 4.36. The largest absolute Gasteiger partial charge is 0.483 e. The predicted octanol–water partition coefficient (Wildman–Crippen LogP) is 3.29. The lowest BCUT2D eigenvalue weighted by molar-refractivity contribution is -0.384. The minimum absolute atomic E-state index is 0.0652. The van der Waals surface area contributed by atoms with Crippen LogP contribution in [-0.4, -0.2) is 31.0 Å². The van der Waals surface area contributed by atoms with E-state index >= 15 is 0 Å². The van der Waals surface area contributed by atoms with Crippen molar-refractivity contribution in [1.82, 2.24) is 0 Å². The van der Waals surface area contributed by atoms with Crippen molar-refractivity contribution < 1.29 is 19.2 Å². The van der Waals surface area contributed by atoms with Crippen LogP contribution in [0, 0.1) is 10.1 Å². The van der Waals surface area contributed by atoms with Crippen LogP contribution in [-0.2, 0) is 9.47 Å². The Hall–Kier alpha value is -2.48. The van der Waals surface area contributed by atoms with Gasteiger partial charge in [-0.1, -0.05) is 0 Å². The number of nitro groups is 1. The summed E-state index contributed by atoms with van der Waals surface area (Å²) in [6.45, 7) is 2.23. The van der Waals surface area contributed by atoms with Crippen LogP contribution in [0.2, 0.25) is 0 Å². The molecule has 8 heteroatoms. The van der Waals surface area contributed by atoms with Crippen molar-refractivity contribution in [3.63, 3.8) is 0 Å². The molecule has 2 aromatic rings. The first-order chi connectivity index (χ1) is 10.1. The minimum atomic E-state index is -0.539. The van der Waals surface area contributed by atoms with Crippen LogP contribution in [0.3, 0.4) is 0 Å². The maximum Gasteiger partial charge on any atom is 0.350 e. The van der Waals surface area contributed by atoms with Crippen LogP contribution in [0.25, 0.3) is 10.1 Å². The summed E-state index contributed by atoms with van der Waals surface area (Å²) in [5, 5.41) is 11.4. The average Bonchev–Trinajstić information content (AvgIpc) is 2.84.